The fourth-order valence-electron chi connectivity index (χ4n) is 3.38. The summed E-state index contributed by atoms with van der Waals surface area (Å²) in [6, 6.07) is 6.89. The van der Waals surface area contributed by atoms with Crippen molar-refractivity contribution in [1.29, 1.82) is 0 Å². The van der Waals surface area contributed by atoms with Gasteiger partial charge in [0.25, 0.3) is 5.91 Å². The van der Waals surface area contributed by atoms with E-state index in [2.05, 4.69) is 26.1 Å². The molecule has 3 amide bonds. The number of amides is 3. The Balaban J connectivity index is 2.01. The van der Waals surface area contributed by atoms with Gasteiger partial charge in [0.1, 0.15) is 6.04 Å². The first-order chi connectivity index (χ1) is 14.0. The topological polar surface area (TPSA) is 79.0 Å². The highest BCUT2D eigenvalue weighted by molar-refractivity contribution is 5.97. The molecule has 1 saturated heterocycles. The maximum absolute atomic E-state index is 13.1. The molecule has 1 aliphatic rings. The zero-order valence-electron chi connectivity index (χ0n) is 19.0. The van der Waals surface area contributed by atoms with Gasteiger partial charge in [-0.05, 0) is 36.0 Å². The minimum Gasteiger partial charge on any atom is -0.450 e. The Hall–Kier alpha value is -2.57. The van der Waals surface area contributed by atoms with Gasteiger partial charge in [0, 0.05) is 31.7 Å². The minimum absolute atomic E-state index is 0.0110. The summed E-state index contributed by atoms with van der Waals surface area (Å²) in [4.78, 5) is 41.0. The molecular weight excluding hydrogens is 382 g/mol. The number of rotatable bonds is 5. The lowest BCUT2D eigenvalue weighted by Crippen LogP contribution is -2.57. The van der Waals surface area contributed by atoms with E-state index in [1.165, 1.54) is 0 Å². The molecule has 1 fully saturated rings. The van der Waals surface area contributed by atoms with Crippen LogP contribution < -0.4 is 5.32 Å². The molecule has 0 aliphatic carbocycles. The van der Waals surface area contributed by atoms with Crippen molar-refractivity contribution in [2.75, 3.05) is 32.8 Å². The molecule has 0 aromatic heterocycles. The van der Waals surface area contributed by atoms with E-state index < -0.39 is 6.04 Å². The van der Waals surface area contributed by atoms with Crippen molar-refractivity contribution in [1.82, 2.24) is 15.1 Å². The highest BCUT2D eigenvalue weighted by Gasteiger charge is 2.32. The number of carbonyl (C=O) groups excluding carboxylic acids is 3. The fourth-order valence-corrected chi connectivity index (χ4v) is 3.38. The van der Waals surface area contributed by atoms with E-state index >= 15 is 0 Å². The average Bonchev–Trinajstić information content (AvgIpc) is 2.71. The Labute approximate surface area is 179 Å². The van der Waals surface area contributed by atoms with Crippen LogP contribution in [0.15, 0.2) is 24.3 Å². The molecule has 1 aromatic rings. The Morgan fingerprint density at radius 2 is 1.53 bits per heavy atom. The summed E-state index contributed by atoms with van der Waals surface area (Å²) in [5.41, 5.74) is 1.69. The maximum atomic E-state index is 13.1. The second-order valence-electron chi connectivity index (χ2n) is 9.03. The zero-order chi connectivity index (χ0) is 22.5. The number of hydrogen-bond donors (Lipinski definition) is 1. The number of carbonyl (C=O) groups is 3. The third-order valence-electron chi connectivity index (χ3n) is 5.35. The fraction of sp³-hybridized carbons (Fsp3) is 0.609. The molecule has 0 saturated carbocycles. The van der Waals surface area contributed by atoms with E-state index in [0.29, 0.717) is 38.3 Å². The summed E-state index contributed by atoms with van der Waals surface area (Å²) in [6.45, 7) is 14.0. The van der Waals surface area contributed by atoms with E-state index in [1.54, 1.807) is 28.9 Å². The van der Waals surface area contributed by atoms with E-state index in [-0.39, 0.29) is 29.2 Å². The zero-order valence-corrected chi connectivity index (χ0v) is 19.0. The third-order valence-corrected chi connectivity index (χ3v) is 5.35. The van der Waals surface area contributed by atoms with Crippen molar-refractivity contribution < 1.29 is 19.1 Å². The van der Waals surface area contributed by atoms with Crippen LogP contribution in [0.4, 0.5) is 4.79 Å². The first-order valence-electron chi connectivity index (χ1n) is 10.7. The monoisotopic (exact) mass is 417 g/mol. The predicted octanol–water partition coefficient (Wildman–Crippen LogP) is 3.04. The molecule has 1 heterocycles. The number of ether oxygens (including phenoxy) is 1. The molecular formula is C23H35N3O4. The maximum Gasteiger partial charge on any atom is 0.409 e. The lowest BCUT2D eigenvalue weighted by molar-refractivity contribution is -0.135. The van der Waals surface area contributed by atoms with E-state index in [1.807, 2.05) is 26.0 Å². The number of nitrogens with one attached hydrogen (secondary N) is 1. The van der Waals surface area contributed by atoms with Crippen LogP contribution in [-0.4, -0.2) is 66.5 Å². The molecule has 30 heavy (non-hydrogen) atoms. The summed E-state index contributed by atoms with van der Waals surface area (Å²) in [7, 11) is 0. The van der Waals surface area contributed by atoms with E-state index in [0.717, 1.165) is 5.56 Å². The smallest absolute Gasteiger partial charge is 0.409 e. The molecule has 0 unspecified atom stereocenters. The summed E-state index contributed by atoms with van der Waals surface area (Å²) in [6.07, 6.45) is -0.350. The molecule has 0 radical (unpaired) electrons. The molecule has 0 spiro atoms. The van der Waals surface area contributed by atoms with Crippen LogP contribution in [0.2, 0.25) is 0 Å². The van der Waals surface area contributed by atoms with Gasteiger partial charge in [0.2, 0.25) is 5.91 Å². The van der Waals surface area contributed by atoms with Gasteiger partial charge in [-0.1, -0.05) is 46.8 Å². The van der Waals surface area contributed by atoms with Crippen LogP contribution in [0, 0.1) is 5.92 Å². The van der Waals surface area contributed by atoms with Gasteiger partial charge < -0.3 is 19.9 Å². The van der Waals surface area contributed by atoms with Crippen molar-refractivity contribution in [2.24, 2.45) is 5.92 Å². The Bertz CT molecular complexity index is 745. The standard InChI is InChI=1S/C23H35N3O4/c1-7-30-22(29)26-14-12-25(13-15-26)21(28)19(16(2)3)24-20(27)17-8-10-18(11-9-17)23(4,5)6/h8-11,16,19H,7,12-15H2,1-6H3,(H,24,27)/t19-/m1/s1. The summed E-state index contributed by atoms with van der Waals surface area (Å²) < 4.78 is 5.02. The van der Waals surface area contributed by atoms with Crippen LogP contribution in [-0.2, 0) is 14.9 Å². The summed E-state index contributed by atoms with van der Waals surface area (Å²) >= 11 is 0. The largest absolute Gasteiger partial charge is 0.450 e. The molecule has 1 aromatic carbocycles. The SMILES string of the molecule is CCOC(=O)N1CCN(C(=O)[C@H](NC(=O)c2ccc(C(C)(C)C)cc2)C(C)C)CC1. The molecule has 1 N–H and O–H groups in total. The molecule has 0 bridgehead atoms. The first kappa shape index (κ1) is 23.7. The highest BCUT2D eigenvalue weighted by Crippen LogP contribution is 2.22. The minimum atomic E-state index is -0.617. The number of benzene rings is 1. The predicted molar refractivity (Wildman–Crippen MR) is 116 cm³/mol. The number of piperazine rings is 1. The summed E-state index contributed by atoms with van der Waals surface area (Å²) in [5.74, 6) is -0.431. The molecule has 7 heteroatoms. The molecule has 166 valence electrons. The first-order valence-corrected chi connectivity index (χ1v) is 10.7. The van der Waals surface area contributed by atoms with Crippen molar-refractivity contribution in [3.63, 3.8) is 0 Å². The molecule has 1 aliphatic heterocycles. The lowest BCUT2D eigenvalue weighted by Gasteiger charge is -2.36. The Kier molecular flexibility index (Phi) is 7.87. The van der Waals surface area contributed by atoms with E-state index in [9.17, 15) is 14.4 Å². The van der Waals surface area contributed by atoms with Gasteiger partial charge in [0.05, 0.1) is 6.61 Å². The van der Waals surface area contributed by atoms with Gasteiger partial charge in [-0.15, -0.1) is 0 Å². The van der Waals surface area contributed by atoms with Gasteiger partial charge in [-0.25, -0.2) is 4.79 Å². The molecule has 7 nitrogen and oxygen atoms in total. The summed E-state index contributed by atoms with van der Waals surface area (Å²) in [5, 5.41) is 2.91. The van der Waals surface area contributed by atoms with Crippen LogP contribution in [0.25, 0.3) is 0 Å². The quantitative estimate of drug-likeness (QED) is 0.799. The second kappa shape index (κ2) is 9.96. The number of nitrogens with zero attached hydrogens (tertiary/aromatic N) is 2. The van der Waals surface area contributed by atoms with Gasteiger partial charge in [0.15, 0.2) is 0 Å². The highest BCUT2D eigenvalue weighted by atomic mass is 16.6. The van der Waals surface area contributed by atoms with Gasteiger partial charge in [-0.3, -0.25) is 9.59 Å². The van der Waals surface area contributed by atoms with Crippen LogP contribution in [0.1, 0.15) is 57.5 Å². The average molecular weight is 418 g/mol. The number of hydrogen-bond acceptors (Lipinski definition) is 4. The van der Waals surface area contributed by atoms with Crippen molar-refractivity contribution >= 4 is 17.9 Å². The molecule has 2 rings (SSSR count). The van der Waals surface area contributed by atoms with Gasteiger partial charge in [-0.2, -0.15) is 0 Å². The molecule has 1 atom stereocenters. The van der Waals surface area contributed by atoms with Crippen LogP contribution in [0.3, 0.4) is 0 Å². The third kappa shape index (κ3) is 5.97. The van der Waals surface area contributed by atoms with E-state index in [4.69, 9.17) is 4.74 Å². The normalized spacial score (nSPS) is 15.7. The van der Waals surface area contributed by atoms with Crippen molar-refractivity contribution in [3.05, 3.63) is 35.4 Å². The van der Waals surface area contributed by atoms with Crippen molar-refractivity contribution in [2.45, 2.75) is 53.0 Å². The Morgan fingerprint density at radius 1 is 1.00 bits per heavy atom. The van der Waals surface area contributed by atoms with Gasteiger partial charge >= 0.3 is 6.09 Å². The van der Waals surface area contributed by atoms with Crippen molar-refractivity contribution in [3.8, 4) is 0 Å². The lowest BCUT2D eigenvalue weighted by atomic mass is 9.86. The van der Waals surface area contributed by atoms with Crippen LogP contribution >= 0.6 is 0 Å². The van der Waals surface area contributed by atoms with Crippen LogP contribution in [0.5, 0.6) is 0 Å². The Morgan fingerprint density at radius 3 is 2.00 bits per heavy atom. The second-order valence-corrected chi connectivity index (χ2v) is 9.03.